The minimum Gasteiger partial charge on any atom is -0.495 e. The zero-order valence-electron chi connectivity index (χ0n) is 18.3. The number of anilines is 1. The lowest BCUT2D eigenvalue weighted by molar-refractivity contribution is -0.115. The van der Waals surface area contributed by atoms with Gasteiger partial charge in [-0.3, -0.25) is 4.79 Å². The molecule has 166 valence electrons. The topological polar surface area (TPSA) is 73.6 Å². The molecule has 0 unspecified atom stereocenters. The minimum absolute atomic E-state index is 0.155. The van der Waals surface area contributed by atoms with Crippen molar-refractivity contribution in [2.24, 2.45) is 0 Å². The summed E-state index contributed by atoms with van der Waals surface area (Å²) in [7, 11) is 1.58. The van der Waals surface area contributed by atoms with E-state index in [1.54, 1.807) is 13.2 Å². The molecule has 33 heavy (non-hydrogen) atoms. The van der Waals surface area contributed by atoms with E-state index in [1.807, 2.05) is 66.9 Å². The molecule has 0 saturated carbocycles. The van der Waals surface area contributed by atoms with Gasteiger partial charge in [0, 0.05) is 22.2 Å². The molecule has 0 aliphatic rings. The number of nitrogens with zero attached hydrogens (tertiary/aromatic N) is 1. The fraction of sp³-hybridized carbons (Fsp3) is 0.154. The number of aromatic nitrogens is 1. The van der Waals surface area contributed by atoms with Crippen molar-refractivity contribution >= 4 is 44.9 Å². The van der Waals surface area contributed by atoms with Crippen LogP contribution in [0.3, 0.4) is 0 Å². The number of aryl methyl sites for hydroxylation is 1. The van der Waals surface area contributed by atoms with E-state index in [0.717, 1.165) is 27.1 Å². The monoisotopic (exact) mass is 458 g/mol. The van der Waals surface area contributed by atoms with Crippen LogP contribution in [0.25, 0.3) is 21.9 Å². The second-order valence-electron chi connectivity index (χ2n) is 7.71. The Morgan fingerprint density at radius 3 is 2.70 bits per heavy atom. The van der Waals surface area contributed by atoms with Crippen LogP contribution in [0, 0.1) is 6.92 Å². The molecule has 7 heteroatoms. The summed E-state index contributed by atoms with van der Waals surface area (Å²) < 4.78 is 17.2. The van der Waals surface area contributed by atoms with E-state index >= 15 is 0 Å². The molecule has 3 aromatic carbocycles. The van der Waals surface area contributed by atoms with Crippen LogP contribution in [0.1, 0.15) is 16.3 Å². The summed E-state index contributed by atoms with van der Waals surface area (Å²) in [6, 6.07) is 19.4. The van der Waals surface area contributed by atoms with E-state index in [9.17, 15) is 4.79 Å². The highest BCUT2D eigenvalue weighted by atomic mass is 32.1. The van der Waals surface area contributed by atoms with Crippen LogP contribution in [0.15, 0.2) is 70.5 Å². The molecule has 2 aromatic heterocycles. The largest absolute Gasteiger partial charge is 0.495 e. The first kappa shape index (κ1) is 21.0. The molecule has 1 N–H and O–H groups in total. The van der Waals surface area contributed by atoms with Gasteiger partial charge in [0.2, 0.25) is 5.91 Å². The summed E-state index contributed by atoms with van der Waals surface area (Å²) in [5.74, 6) is 1.19. The van der Waals surface area contributed by atoms with Crippen LogP contribution in [-0.2, 0) is 17.8 Å². The van der Waals surface area contributed by atoms with Crippen LogP contribution < -0.4 is 14.8 Å². The fourth-order valence-corrected chi connectivity index (χ4v) is 4.36. The number of amides is 1. The van der Waals surface area contributed by atoms with Gasteiger partial charge >= 0.3 is 0 Å². The van der Waals surface area contributed by atoms with Crippen molar-refractivity contribution in [2.75, 3.05) is 12.4 Å². The molecule has 0 radical (unpaired) electrons. The lowest BCUT2D eigenvalue weighted by atomic mass is 10.1. The maximum Gasteiger partial charge on any atom is 0.230 e. The number of furan rings is 1. The molecule has 6 nitrogen and oxygen atoms in total. The number of carbonyl (C=O) groups excluding carboxylic acids is 1. The Labute approximate surface area is 194 Å². The van der Waals surface area contributed by atoms with Gasteiger partial charge in [0.05, 0.1) is 24.9 Å². The van der Waals surface area contributed by atoms with Crippen LogP contribution in [-0.4, -0.2) is 18.0 Å². The fourth-order valence-electron chi connectivity index (χ4n) is 3.65. The first-order chi connectivity index (χ1) is 16.1. The van der Waals surface area contributed by atoms with Gasteiger partial charge in [-0.05, 0) is 31.2 Å². The normalized spacial score (nSPS) is 11.1. The molecule has 0 aliphatic carbocycles. The zero-order chi connectivity index (χ0) is 22.8. The average Bonchev–Trinajstić information content (AvgIpc) is 3.41. The van der Waals surface area contributed by atoms with E-state index < -0.39 is 0 Å². The van der Waals surface area contributed by atoms with Gasteiger partial charge in [-0.1, -0.05) is 35.9 Å². The van der Waals surface area contributed by atoms with Crippen LogP contribution >= 0.6 is 11.3 Å². The Kier molecular flexibility index (Phi) is 5.71. The number of thiazole rings is 1. The zero-order valence-corrected chi connectivity index (χ0v) is 19.1. The van der Waals surface area contributed by atoms with Crippen molar-refractivity contribution in [3.05, 3.63) is 82.3 Å². The Morgan fingerprint density at radius 2 is 1.88 bits per heavy atom. The molecule has 0 fully saturated rings. The first-order valence-corrected chi connectivity index (χ1v) is 11.4. The Balaban J connectivity index is 1.27. The Bertz CT molecular complexity index is 1440. The number of hydrogen-bond donors (Lipinski definition) is 1. The van der Waals surface area contributed by atoms with Gasteiger partial charge in [-0.2, -0.15) is 0 Å². The average molecular weight is 459 g/mol. The summed E-state index contributed by atoms with van der Waals surface area (Å²) in [4.78, 5) is 17.2. The third kappa shape index (κ3) is 4.54. The van der Waals surface area contributed by atoms with Gasteiger partial charge in [-0.15, -0.1) is 11.3 Å². The number of methoxy groups -OCH3 is 1. The highest BCUT2D eigenvalue weighted by Gasteiger charge is 2.15. The summed E-state index contributed by atoms with van der Waals surface area (Å²) >= 11 is 1.48. The van der Waals surface area contributed by atoms with E-state index in [2.05, 4.69) is 10.3 Å². The van der Waals surface area contributed by atoms with Crippen molar-refractivity contribution in [3.63, 3.8) is 0 Å². The molecule has 0 atom stereocenters. The molecule has 0 spiro atoms. The van der Waals surface area contributed by atoms with E-state index in [4.69, 9.17) is 13.9 Å². The summed E-state index contributed by atoms with van der Waals surface area (Å²) in [6.07, 6.45) is 0.155. The van der Waals surface area contributed by atoms with Crippen LogP contribution in [0.4, 0.5) is 5.69 Å². The SMILES string of the molecule is COc1cc2c(cc1NC(=O)Cc1csc(COc3ccc(C)cc3)n1)oc1ccccc12. The van der Waals surface area contributed by atoms with Crippen molar-refractivity contribution in [3.8, 4) is 11.5 Å². The maximum absolute atomic E-state index is 12.7. The van der Waals surface area contributed by atoms with Crippen molar-refractivity contribution in [1.82, 2.24) is 4.98 Å². The van der Waals surface area contributed by atoms with Crippen LogP contribution in [0.5, 0.6) is 11.5 Å². The minimum atomic E-state index is -0.180. The highest BCUT2D eigenvalue weighted by Crippen LogP contribution is 2.36. The number of carbonyl (C=O) groups is 1. The first-order valence-electron chi connectivity index (χ1n) is 10.5. The summed E-state index contributed by atoms with van der Waals surface area (Å²) in [5.41, 5.74) is 3.93. The molecular weight excluding hydrogens is 436 g/mol. The van der Waals surface area contributed by atoms with Gasteiger partial charge in [-0.25, -0.2) is 4.98 Å². The molecule has 1 amide bonds. The van der Waals surface area contributed by atoms with Gasteiger partial charge in [0.1, 0.15) is 34.3 Å². The predicted molar refractivity (Wildman–Crippen MR) is 130 cm³/mol. The number of ether oxygens (including phenoxy) is 2. The second kappa shape index (κ2) is 8.96. The Morgan fingerprint density at radius 1 is 1.06 bits per heavy atom. The quantitative estimate of drug-likeness (QED) is 0.318. The molecule has 2 heterocycles. The molecule has 0 bridgehead atoms. The van der Waals surface area contributed by atoms with E-state index in [1.165, 1.54) is 16.9 Å². The third-order valence-corrected chi connectivity index (χ3v) is 6.17. The lowest BCUT2D eigenvalue weighted by Crippen LogP contribution is -2.15. The predicted octanol–water partition coefficient (Wildman–Crippen LogP) is 6.12. The van der Waals surface area contributed by atoms with Crippen molar-refractivity contribution in [2.45, 2.75) is 20.0 Å². The number of hydrogen-bond acceptors (Lipinski definition) is 6. The highest BCUT2D eigenvalue weighted by molar-refractivity contribution is 7.09. The maximum atomic E-state index is 12.7. The van der Waals surface area contributed by atoms with E-state index in [-0.39, 0.29) is 12.3 Å². The summed E-state index contributed by atoms with van der Waals surface area (Å²) in [5, 5.41) is 7.58. The number of rotatable bonds is 7. The molecule has 0 saturated heterocycles. The molecular formula is C26H22N2O4S. The van der Waals surface area contributed by atoms with E-state index in [0.29, 0.717) is 29.3 Å². The second-order valence-corrected chi connectivity index (χ2v) is 8.65. The Hall–Kier alpha value is -3.84. The van der Waals surface area contributed by atoms with Crippen molar-refractivity contribution in [1.29, 1.82) is 0 Å². The standard InChI is InChI=1S/C26H22N2O4S/c1-16-7-9-18(10-8-16)31-14-26-27-17(15-33-26)11-25(29)28-21-13-23-20(12-24(21)30-2)19-5-3-4-6-22(19)32-23/h3-10,12-13,15H,11,14H2,1-2H3,(H,28,29). The number of para-hydroxylation sites is 1. The van der Waals surface area contributed by atoms with Crippen molar-refractivity contribution < 1.29 is 18.7 Å². The summed E-state index contributed by atoms with van der Waals surface area (Å²) in [6.45, 7) is 2.40. The lowest BCUT2D eigenvalue weighted by Gasteiger charge is -2.10. The molecule has 5 rings (SSSR count). The van der Waals surface area contributed by atoms with Gasteiger partial charge < -0.3 is 19.2 Å². The smallest absolute Gasteiger partial charge is 0.230 e. The molecule has 5 aromatic rings. The number of fused-ring (bicyclic) bond motifs is 3. The van der Waals surface area contributed by atoms with Gasteiger partial charge in [0.15, 0.2) is 0 Å². The number of nitrogens with one attached hydrogen (secondary N) is 1. The van der Waals surface area contributed by atoms with Gasteiger partial charge in [0.25, 0.3) is 0 Å². The number of benzene rings is 3. The molecule has 0 aliphatic heterocycles. The van der Waals surface area contributed by atoms with Crippen LogP contribution in [0.2, 0.25) is 0 Å². The third-order valence-electron chi connectivity index (χ3n) is 5.30.